The van der Waals surface area contributed by atoms with Crippen LogP contribution < -0.4 is 4.74 Å². The van der Waals surface area contributed by atoms with Crippen LogP contribution in [0.1, 0.15) is 11.1 Å². The van der Waals surface area contributed by atoms with Gasteiger partial charge in [0.15, 0.2) is 6.61 Å². The first-order valence-electron chi connectivity index (χ1n) is 14.0. The third-order valence-electron chi connectivity index (χ3n) is 6.46. The Bertz CT molecular complexity index is 1290. The number of carbonyl (C=O) groups excluding carboxylic acids is 1. The molecule has 0 aliphatic heterocycles. The summed E-state index contributed by atoms with van der Waals surface area (Å²) in [6, 6.07) is 14.7. The lowest BCUT2D eigenvalue weighted by atomic mass is 10.0. The van der Waals surface area contributed by atoms with Gasteiger partial charge in [0.05, 0.1) is 32.7 Å². The molecule has 0 saturated heterocycles. The zero-order valence-electron chi connectivity index (χ0n) is 24.9. The molecule has 2 aromatic carbocycles. The molecule has 0 radical (unpaired) electrons. The topological polar surface area (TPSA) is 232 Å². The largest absolute Gasteiger partial charge is 0.482 e. The van der Waals surface area contributed by atoms with Crippen LogP contribution in [0.25, 0.3) is 0 Å². The predicted octanol–water partition coefficient (Wildman–Crippen LogP) is 0.0489. The molecule has 0 heterocycles. The minimum Gasteiger partial charge on any atom is -0.482 e. The molecule has 250 valence electrons. The summed E-state index contributed by atoms with van der Waals surface area (Å²) in [7, 11) is 0. The number of carboxylic acid groups (broad SMARTS) is 5. The fraction of sp³-hybridized carbons (Fsp3) is 0.400. The van der Waals surface area contributed by atoms with E-state index in [2.05, 4.69) is 0 Å². The van der Waals surface area contributed by atoms with Crippen molar-refractivity contribution >= 4 is 35.8 Å². The number of esters is 1. The van der Waals surface area contributed by atoms with Crippen molar-refractivity contribution in [3.05, 3.63) is 65.7 Å². The second kappa shape index (κ2) is 19.4. The highest BCUT2D eigenvalue weighted by molar-refractivity contribution is 5.73. The van der Waals surface area contributed by atoms with E-state index >= 15 is 0 Å². The van der Waals surface area contributed by atoms with Gasteiger partial charge in [-0.2, -0.15) is 0 Å². The van der Waals surface area contributed by atoms with Gasteiger partial charge in [0.1, 0.15) is 12.4 Å². The molecule has 0 spiro atoms. The molecule has 0 fully saturated rings. The Balaban J connectivity index is 2.21. The van der Waals surface area contributed by atoms with Gasteiger partial charge in [-0.15, -0.1) is 0 Å². The molecule has 0 aliphatic carbocycles. The van der Waals surface area contributed by atoms with Crippen molar-refractivity contribution in [2.24, 2.45) is 0 Å². The van der Waals surface area contributed by atoms with E-state index in [4.69, 9.17) is 19.7 Å². The van der Waals surface area contributed by atoms with Gasteiger partial charge in [-0.05, 0) is 29.7 Å². The van der Waals surface area contributed by atoms with Crippen molar-refractivity contribution in [1.82, 2.24) is 14.7 Å². The molecule has 1 atom stereocenters. The molecule has 0 saturated carbocycles. The van der Waals surface area contributed by atoms with E-state index in [1.807, 2.05) is 30.3 Å². The Hall–Kier alpha value is -5.06. The summed E-state index contributed by atoms with van der Waals surface area (Å²) < 4.78 is 10.7. The number of carbonyl (C=O) groups is 6. The van der Waals surface area contributed by atoms with Crippen molar-refractivity contribution in [2.75, 3.05) is 59.0 Å². The zero-order valence-corrected chi connectivity index (χ0v) is 24.9. The van der Waals surface area contributed by atoms with Gasteiger partial charge in [-0.3, -0.25) is 38.7 Å². The van der Waals surface area contributed by atoms with E-state index in [1.54, 1.807) is 24.3 Å². The molecule has 0 aromatic heterocycles. The average Bonchev–Trinajstić information content (AvgIpc) is 2.96. The Morgan fingerprint density at radius 3 is 1.65 bits per heavy atom. The van der Waals surface area contributed by atoms with Gasteiger partial charge in [0, 0.05) is 25.7 Å². The summed E-state index contributed by atoms with van der Waals surface area (Å²) in [5.74, 6) is -6.71. The first-order chi connectivity index (χ1) is 21.8. The Morgan fingerprint density at radius 1 is 0.609 bits per heavy atom. The van der Waals surface area contributed by atoms with E-state index in [0.29, 0.717) is 11.3 Å². The monoisotopic (exact) mass is 647 g/mol. The van der Waals surface area contributed by atoms with Gasteiger partial charge < -0.3 is 35.0 Å². The van der Waals surface area contributed by atoms with E-state index < -0.39 is 74.6 Å². The summed E-state index contributed by atoms with van der Waals surface area (Å²) in [5, 5.41) is 46.6. The van der Waals surface area contributed by atoms with E-state index in [-0.39, 0.29) is 39.3 Å². The number of rotatable bonds is 23. The lowest BCUT2D eigenvalue weighted by Crippen LogP contribution is -2.51. The van der Waals surface area contributed by atoms with Crippen LogP contribution in [0.2, 0.25) is 0 Å². The smallest absolute Gasteiger partial charge is 0.344 e. The van der Waals surface area contributed by atoms with Gasteiger partial charge in [0.2, 0.25) is 0 Å². The molecular weight excluding hydrogens is 610 g/mol. The summed E-state index contributed by atoms with van der Waals surface area (Å²) in [6.45, 7) is -3.89. The van der Waals surface area contributed by atoms with Crippen LogP contribution in [0.4, 0.5) is 0 Å². The van der Waals surface area contributed by atoms with Crippen molar-refractivity contribution in [1.29, 1.82) is 0 Å². The van der Waals surface area contributed by atoms with Crippen molar-refractivity contribution in [2.45, 2.75) is 19.1 Å². The summed E-state index contributed by atoms with van der Waals surface area (Å²) in [6.07, 6.45) is 0.0975. The average molecular weight is 648 g/mol. The highest BCUT2D eigenvalue weighted by Crippen LogP contribution is 2.17. The quantitative estimate of drug-likeness (QED) is 0.100. The molecule has 0 aliphatic rings. The van der Waals surface area contributed by atoms with Crippen LogP contribution in [0.3, 0.4) is 0 Å². The molecule has 2 aromatic rings. The minimum absolute atomic E-state index is 0.0847. The summed E-state index contributed by atoms with van der Waals surface area (Å²) in [5.41, 5.74) is 1.44. The molecule has 0 bridgehead atoms. The molecule has 16 heteroatoms. The van der Waals surface area contributed by atoms with Gasteiger partial charge in [0.25, 0.3) is 0 Å². The van der Waals surface area contributed by atoms with Crippen molar-refractivity contribution in [3.63, 3.8) is 0 Å². The third kappa shape index (κ3) is 15.6. The SMILES string of the molecule is O=C(O)CN(CCN(CC(=O)O)C(Cc1ccc(OCC(=O)OCc2ccccc2)cc1)CN(CC(=O)O)CC(=O)O)CC(=O)O. The number of ether oxygens (including phenoxy) is 2. The number of hydrogen-bond donors (Lipinski definition) is 5. The molecule has 5 N–H and O–H groups in total. The summed E-state index contributed by atoms with van der Waals surface area (Å²) in [4.78, 5) is 72.9. The predicted molar refractivity (Wildman–Crippen MR) is 158 cm³/mol. The molecule has 0 amide bonds. The number of nitrogens with zero attached hydrogens (tertiary/aromatic N) is 3. The lowest BCUT2D eigenvalue weighted by Gasteiger charge is -2.35. The lowest BCUT2D eigenvalue weighted by molar-refractivity contribution is -0.147. The number of hydrogen-bond acceptors (Lipinski definition) is 11. The molecule has 46 heavy (non-hydrogen) atoms. The van der Waals surface area contributed by atoms with Crippen molar-refractivity contribution in [3.8, 4) is 5.75 Å². The number of carboxylic acids is 5. The summed E-state index contributed by atoms with van der Waals surface area (Å²) >= 11 is 0. The van der Waals surface area contributed by atoms with Gasteiger partial charge in [-0.1, -0.05) is 42.5 Å². The van der Waals surface area contributed by atoms with Crippen LogP contribution in [0, 0.1) is 0 Å². The highest BCUT2D eigenvalue weighted by Gasteiger charge is 2.27. The van der Waals surface area contributed by atoms with Crippen LogP contribution in [-0.2, 0) is 46.5 Å². The first kappa shape index (κ1) is 37.1. The highest BCUT2D eigenvalue weighted by atomic mass is 16.6. The Morgan fingerprint density at radius 2 is 1.13 bits per heavy atom. The van der Waals surface area contributed by atoms with Gasteiger partial charge >= 0.3 is 35.8 Å². The minimum atomic E-state index is -1.30. The first-order valence-corrected chi connectivity index (χ1v) is 14.0. The molecule has 16 nitrogen and oxygen atoms in total. The normalized spacial score (nSPS) is 11.7. The maximum Gasteiger partial charge on any atom is 0.344 e. The van der Waals surface area contributed by atoms with Gasteiger partial charge in [-0.25, -0.2) is 4.79 Å². The van der Waals surface area contributed by atoms with Crippen LogP contribution in [0.5, 0.6) is 5.75 Å². The fourth-order valence-corrected chi connectivity index (χ4v) is 4.52. The number of benzene rings is 2. The van der Waals surface area contributed by atoms with Crippen molar-refractivity contribution < 1.29 is 63.8 Å². The van der Waals surface area contributed by atoms with E-state index in [1.165, 1.54) is 4.90 Å². The second-order valence-corrected chi connectivity index (χ2v) is 10.3. The van der Waals surface area contributed by atoms with E-state index in [9.17, 15) is 44.1 Å². The van der Waals surface area contributed by atoms with Crippen LogP contribution in [0.15, 0.2) is 54.6 Å². The van der Waals surface area contributed by atoms with E-state index in [0.717, 1.165) is 15.4 Å². The number of aliphatic carboxylic acids is 5. The standard InChI is InChI=1S/C30H37N3O13/c34-25(35)14-31(15-26(36)37)10-11-33(18-29(42)43)23(13-32(16-27(38)39)17-28(40)41)12-21-6-8-24(9-7-21)45-20-30(44)46-19-22-4-2-1-3-5-22/h1-9,23H,10-20H2,(H,34,35)(H,36,37)(H,38,39)(H,40,41)(H,42,43). The Kier molecular flexibility index (Phi) is 15.6. The second-order valence-electron chi connectivity index (χ2n) is 10.3. The third-order valence-corrected chi connectivity index (χ3v) is 6.46. The van der Waals surface area contributed by atoms with Crippen LogP contribution >= 0.6 is 0 Å². The molecule has 1 unspecified atom stereocenters. The Labute approximate surface area is 264 Å². The molecular formula is C30H37N3O13. The van der Waals surface area contributed by atoms with Crippen LogP contribution in [-0.4, -0.2) is 141 Å². The fourth-order valence-electron chi connectivity index (χ4n) is 4.52. The zero-order chi connectivity index (χ0) is 34.1. The maximum absolute atomic E-state index is 12.1. The maximum atomic E-state index is 12.1. The molecule has 2 rings (SSSR count).